The molecule has 0 atom stereocenters. The smallest absolute Gasteiger partial charge is 0.225 e. The van der Waals surface area contributed by atoms with Crippen molar-refractivity contribution < 1.29 is 4.79 Å². The van der Waals surface area contributed by atoms with Crippen molar-refractivity contribution in [3.05, 3.63) is 18.0 Å². The van der Waals surface area contributed by atoms with Gasteiger partial charge in [-0.05, 0) is 38.1 Å². The van der Waals surface area contributed by atoms with Crippen LogP contribution in [0.4, 0.5) is 0 Å². The molecule has 0 aromatic carbocycles. The zero-order valence-corrected chi connectivity index (χ0v) is 10.9. The second kappa shape index (κ2) is 6.00. The largest absolute Gasteiger partial charge is 0.341 e. The molecule has 1 aliphatic carbocycles. The van der Waals surface area contributed by atoms with Gasteiger partial charge in [0.05, 0.1) is 6.20 Å². The molecule has 1 aromatic rings. The fraction of sp³-hybridized carbons (Fsp3) is 0.692. The minimum atomic E-state index is 0.185. The van der Waals surface area contributed by atoms with Gasteiger partial charge in [-0.3, -0.25) is 9.89 Å². The highest BCUT2D eigenvalue weighted by molar-refractivity contribution is 5.78. The number of carbonyl (C=O) groups is 1. The number of nitrogens with one attached hydrogen (secondary N) is 1. The Bertz CT molecular complexity index is 368. The molecule has 1 aliphatic rings. The number of hydrogen-bond acceptors (Lipinski definition) is 3. The lowest BCUT2D eigenvalue weighted by Crippen LogP contribution is -2.35. The Hall–Kier alpha value is -1.36. The Labute approximate surface area is 108 Å². The van der Waals surface area contributed by atoms with Gasteiger partial charge in [0.2, 0.25) is 5.91 Å². The summed E-state index contributed by atoms with van der Waals surface area (Å²) in [6, 6.07) is 0. The molecule has 0 unspecified atom stereocenters. The van der Waals surface area contributed by atoms with E-state index < -0.39 is 0 Å². The Morgan fingerprint density at radius 1 is 1.50 bits per heavy atom. The van der Waals surface area contributed by atoms with Crippen LogP contribution in [-0.2, 0) is 11.3 Å². The van der Waals surface area contributed by atoms with E-state index in [0.717, 1.165) is 37.8 Å². The third-order valence-corrected chi connectivity index (χ3v) is 3.88. The summed E-state index contributed by atoms with van der Waals surface area (Å²) in [6.45, 7) is 1.39. The minimum Gasteiger partial charge on any atom is -0.341 e. The number of rotatable bonds is 4. The number of nitrogens with two attached hydrogens (primary N) is 1. The van der Waals surface area contributed by atoms with Crippen molar-refractivity contribution in [1.29, 1.82) is 0 Å². The van der Waals surface area contributed by atoms with Crippen molar-refractivity contribution >= 4 is 5.91 Å². The SMILES string of the molecule is CN(Cc1cn[nH]c1)C(=O)C1CCC(CN)CC1. The quantitative estimate of drug-likeness (QED) is 0.841. The number of nitrogens with zero attached hydrogens (tertiary/aromatic N) is 2. The van der Waals surface area contributed by atoms with E-state index in [9.17, 15) is 4.79 Å². The molecular weight excluding hydrogens is 228 g/mol. The van der Waals surface area contributed by atoms with Gasteiger partial charge >= 0.3 is 0 Å². The molecule has 0 radical (unpaired) electrons. The average molecular weight is 250 g/mol. The average Bonchev–Trinajstić information content (AvgIpc) is 2.91. The molecule has 1 fully saturated rings. The highest BCUT2D eigenvalue weighted by atomic mass is 16.2. The Balaban J connectivity index is 1.84. The number of aromatic nitrogens is 2. The van der Waals surface area contributed by atoms with Crippen molar-refractivity contribution in [2.45, 2.75) is 32.2 Å². The topological polar surface area (TPSA) is 75.0 Å². The summed E-state index contributed by atoms with van der Waals surface area (Å²) in [5, 5.41) is 6.66. The maximum Gasteiger partial charge on any atom is 0.225 e. The normalized spacial score (nSPS) is 23.9. The number of amides is 1. The predicted molar refractivity (Wildman–Crippen MR) is 69.6 cm³/mol. The predicted octanol–water partition coefficient (Wildman–Crippen LogP) is 1.13. The van der Waals surface area contributed by atoms with Crippen molar-refractivity contribution in [3.8, 4) is 0 Å². The molecule has 0 aliphatic heterocycles. The van der Waals surface area contributed by atoms with Crippen LogP contribution in [0.15, 0.2) is 12.4 Å². The number of hydrogen-bond donors (Lipinski definition) is 2. The van der Waals surface area contributed by atoms with Crippen LogP contribution in [0.25, 0.3) is 0 Å². The van der Waals surface area contributed by atoms with Crippen molar-refractivity contribution in [3.63, 3.8) is 0 Å². The molecule has 5 heteroatoms. The summed E-state index contributed by atoms with van der Waals surface area (Å²) in [5.41, 5.74) is 6.71. The second-order valence-electron chi connectivity index (χ2n) is 5.25. The Morgan fingerprint density at radius 2 is 2.22 bits per heavy atom. The van der Waals surface area contributed by atoms with Crippen LogP contribution in [0.2, 0.25) is 0 Å². The second-order valence-corrected chi connectivity index (χ2v) is 5.25. The van der Waals surface area contributed by atoms with E-state index in [1.165, 1.54) is 0 Å². The van der Waals surface area contributed by atoms with Gasteiger partial charge in [-0.15, -0.1) is 0 Å². The molecule has 100 valence electrons. The first kappa shape index (κ1) is 13.1. The summed E-state index contributed by atoms with van der Waals surface area (Å²) in [4.78, 5) is 14.1. The van der Waals surface area contributed by atoms with Crippen LogP contribution >= 0.6 is 0 Å². The van der Waals surface area contributed by atoms with Crippen LogP contribution in [-0.4, -0.2) is 34.6 Å². The fourth-order valence-electron chi connectivity index (χ4n) is 2.67. The van der Waals surface area contributed by atoms with Gasteiger partial charge in [-0.2, -0.15) is 5.10 Å². The third-order valence-electron chi connectivity index (χ3n) is 3.88. The first-order valence-corrected chi connectivity index (χ1v) is 6.63. The van der Waals surface area contributed by atoms with Crippen LogP contribution in [0.5, 0.6) is 0 Å². The number of H-pyrrole nitrogens is 1. The molecule has 5 nitrogen and oxygen atoms in total. The number of carbonyl (C=O) groups excluding carboxylic acids is 1. The van der Waals surface area contributed by atoms with Crippen molar-refractivity contribution in [2.24, 2.45) is 17.6 Å². The van der Waals surface area contributed by atoms with E-state index in [-0.39, 0.29) is 11.8 Å². The van der Waals surface area contributed by atoms with Gasteiger partial charge in [0.15, 0.2) is 0 Å². The van der Waals surface area contributed by atoms with Gasteiger partial charge in [0.25, 0.3) is 0 Å². The molecule has 3 N–H and O–H groups in total. The van der Waals surface area contributed by atoms with Gasteiger partial charge in [-0.1, -0.05) is 0 Å². The van der Waals surface area contributed by atoms with E-state index >= 15 is 0 Å². The molecule has 1 heterocycles. The maximum atomic E-state index is 12.3. The maximum absolute atomic E-state index is 12.3. The Morgan fingerprint density at radius 3 is 2.78 bits per heavy atom. The lowest BCUT2D eigenvalue weighted by atomic mass is 9.81. The molecule has 0 bridgehead atoms. The van der Waals surface area contributed by atoms with E-state index in [2.05, 4.69) is 10.2 Å². The highest BCUT2D eigenvalue weighted by Gasteiger charge is 2.27. The fourth-order valence-corrected chi connectivity index (χ4v) is 2.67. The van der Waals surface area contributed by atoms with Crippen LogP contribution in [0.1, 0.15) is 31.2 Å². The molecule has 1 saturated carbocycles. The van der Waals surface area contributed by atoms with Gasteiger partial charge < -0.3 is 10.6 Å². The van der Waals surface area contributed by atoms with Crippen molar-refractivity contribution in [2.75, 3.05) is 13.6 Å². The highest BCUT2D eigenvalue weighted by Crippen LogP contribution is 2.29. The van der Waals surface area contributed by atoms with E-state index in [1.807, 2.05) is 13.2 Å². The van der Waals surface area contributed by atoms with E-state index in [4.69, 9.17) is 5.73 Å². The molecule has 2 rings (SSSR count). The van der Waals surface area contributed by atoms with Crippen molar-refractivity contribution in [1.82, 2.24) is 15.1 Å². The standard InChI is InChI=1S/C13H22N4O/c1-17(9-11-7-15-16-8-11)13(18)12-4-2-10(6-14)3-5-12/h7-8,10,12H,2-6,9,14H2,1H3,(H,15,16). The summed E-state index contributed by atoms with van der Waals surface area (Å²) in [5.74, 6) is 1.06. The summed E-state index contributed by atoms with van der Waals surface area (Å²) < 4.78 is 0. The molecule has 1 amide bonds. The summed E-state index contributed by atoms with van der Waals surface area (Å²) in [6.07, 6.45) is 7.73. The molecule has 0 saturated heterocycles. The summed E-state index contributed by atoms with van der Waals surface area (Å²) in [7, 11) is 1.87. The first-order valence-electron chi connectivity index (χ1n) is 6.63. The minimum absolute atomic E-state index is 0.185. The first-order chi connectivity index (χ1) is 8.70. The number of aromatic amines is 1. The van der Waals surface area contributed by atoms with Crippen LogP contribution in [0, 0.1) is 11.8 Å². The monoisotopic (exact) mass is 250 g/mol. The van der Waals surface area contributed by atoms with Crippen LogP contribution < -0.4 is 5.73 Å². The van der Waals surface area contributed by atoms with Gasteiger partial charge in [0, 0.05) is 31.3 Å². The van der Waals surface area contributed by atoms with E-state index in [1.54, 1.807) is 11.1 Å². The van der Waals surface area contributed by atoms with Gasteiger partial charge in [-0.25, -0.2) is 0 Å². The van der Waals surface area contributed by atoms with E-state index in [0.29, 0.717) is 12.5 Å². The zero-order valence-electron chi connectivity index (χ0n) is 10.9. The zero-order chi connectivity index (χ0) is 13.0. The molecule has 1 aromatic heterocycles. The van der Waals surface area contributed by atoms with Gasteiger partial charge in [0.1, 0.15) is 0 Å². The lowest BCUT2D eigenvalue weighted by Gasteiger charge is -2.29. The molecule has 18 heavy (non-hydrogen) atoms. The van der Waals surface area contributed by atoms with Crippen LogP contribution in [0.3, 0.4) is 0 Å². The summed E-state index contributed by atoms with van der Waals surface area (Å²) >= 11 is 0. The molecule has 0 spiro atoms. The lowest BCUT2D eigenvalue weighted by molar-refractivity contribution is -0.136. The molecular formula is C13H22N4O. The third kappa shape index (κ3) is 3.10. The Kier molecular flexibility index (Phi) is 4.36.